The van der Waals surface area contributed by atoms with Crippen LogP contribution in [0.25, 0.3) is 0 Å². The molecule has 0 amide bonds. The quantitative estimate of drug-likeness (QED) is 0.311. The molecule has 2 aromatic carbocycles. The van der Waals surface area contributed by atoms with Crippen LogP contribution >= 0.6 is 0 Å². The second-order valence-corrected chi connectivity index (χ2v) is 13.3. The Bertz CT molecular complexity index is 911. The summed E-state index contributed by atoms with van der Waals surface area (Å²) >= 11 is 0. The van der Waals surface area contributed by atoms with Crippen molar-refractivity contribution in [2.75, 3.05) is 0 Å². The molecule has 0 spiro atoms. The molecule has 2 rings (SSSR count). The number of unbranched alkanes of at least 4 members (excludes halogenated alkanes) is 2. The average Bonchev–Trinajstić information content (AvgIpc) is 2.64. The van der Waals surface area contributed by atoms with E-state index in [1.54, 1.807) is 0 Å². The lowest BCUT2D eigenvalue weighted by Gasteiger charge is -2.36. The van der Waals surface area contributed by atoms with Crippen molar-refractivity contribution in [1.82, 2.24) is 0 Å². The normalized spacial score (nSPS) is 11.1. The minimum atomic E-state index is -1.91. The van der Waals surface area contributed by atoms with Gasteiger partial charge in [0.15, 0.2) is 0 Å². The maximum absolute atomic E-state index is 6.52. The third-order valence-electron chi connectivity index (χ3n) is 5.20. The van der Waals surface area contributed by atoms with Gasteiger partial charge in [-0.1, -0.05) is 82.1 Å². The van der Waals surface area contributed by atoms with Crippen LogP contribution in [0.4, 0.5) is 0 Å². The summed E-state index contributed by atoms with van der Waals surface area (Å²) in [6.45, 7) is 13.5. The highest BCUT2D eigenvalue weighted by Crippen LogP contribution is 2.38. The molecule has 0 aliphatic heterocycles. The molecule has 146 valence electrons. The molecule has 0 aromatic heterocycles. The van der Waals surface area contributed by atoms with E-state index >= 15 is 0 Å². The number of para-hydroxylation sites is 1. The minimum Gasteiger partial charge on any atom is -0.543 e. The van der Waals surface area contributed by atoms with Crippen molar-refractivity contribution in [2.24, 2.45) is 0 Å². The number of hydrogen-bond donors (Lipinski definition) is 0. The summed E-state index contributed by atoms with van der Waals surface area (Å²) in [5, 5.41) is 0.147. The third kappa shape index (κ3) is 6.05. The van der Waals surface area contributed by atoms with Crippen molar-refractivity contribution < 1.29 is 4.43 Å². The van der Waals surface area contributed by atoms with Gasteiger partial charge in [0.2, 0.25) is 0 Å². The van der Waals surface area contributed by atoms with Crippen molar-refractivity contribution in [3.05, 3.63) is 65.2 Å². The van der Waals surface area contributed by atoms with Crippen LogP contribution in [0.1, 0.15) is 63.6 Å². The molecule has 1 nitrogen and oxygen atoms in total. The number of hydrogen-bond acceptors (Lipinski definition) is 1. The van der Waals surface area contributed by atoms with Crippen molar-refractivity contribution in [3.63, 3.8) is 0 Å². The topological polar surface area (TPSA) is 9.23 Å². The molecule has 0 atom stereocenters. The van der Waals surface area contributed by atoms with E-state index in [1.807, 2.05) is 48.5 Å². The predicted molar refractivity (Wildman–Crippen MR) is 123 cm³/mol. The zero-order valence-electron chi connectivity index (χ0n) is 18.1. The molecule has 0 unspecified atom stereocenters. The van der Waals surface area contributed by atoms with Crippen molar-refractivity contribution in [2.45, 2.75) is 65.1 Å². The van der Waals surface area contributed by atoms with Gasteiger partial charge in [-0.3, -0.25) is 0 Å². The Morgan fingerprint density at radius 2 is 1.36 bits per heavy atom. The third-order valence-corrected chi connectivity index (χ3v) is 9.54. The Balaban J connectivity index is 2.32. The van der Waals surface area contributed by atoms with E-state index in [9.17, 15) is 0 Å². The molecule has 0 fully saturated rings. The van der Waals surface area contributed by atoms with Gasteiger partial charge in [-0.15, -0.1) is 0 Å². The Morgan fingerprint density at radius 3 is 1.96 bits per heavy atom. The van der Waals surface area contributed by atoms with E-state index in [0.717, 1.165) is 35.3 Å². The predicted octanol–water partition coefficient (Wildman–Crippen LogP) is 7.01. The van der Waals surface area contributed by atoms with Crippen LogP contribution in [-0.4, -0.2) is 8.32 Å². The zero-order valence-corrected chi connectivity index (χ0v) is 19.1. The highest BCUT2D eigenvalue weighted by atomic mass is 28.4. The van der Waals surface area contributed by atoms with Gasteiger partial charge in [-0.2, -0.15) is 0 Å². The van der Waals surface area contributed by atoms with Gasteiger partial charge < -0.3 is 4.43 Å². The van der Waals surface area contributed by atoms with E-state index in [0.29, 0.717) is 0 Å². The summed E-state index contributed by atoms with van der Waals surface area (Å²) in [6, 6.07) is 16.2. The fraction of sp³-hybridized carbons (Fsp3) is 0.385. The molecule has 0 N–H and O–H groups in total. The first-order valence-electron chi connectivity index (χ1n) is 10.1. The minimum absolute atomic E-state index is 0.147. The smallest absolute Gasteiger partial charge is 0.250 e. The SMILES string of the molecule is CCCCC#Cc1ccccc1C#Cc1ccccc1O[Si](C)(C)C(C)(C)C. The maximum Gasteiger partial charge on any atom is 0.250 e. The average molecular weight is 389 g/mol. The molecule has 2 aromatic rings. The Kier molecular flexibility index (Phi) is 7.56. The highest BCUT2D eigenvalue weighted by Gasteiger charge is 2.39. The summed E-state index contributed by atoms with van der Waals surface area (Å²) in [4.78, 5) is 0. The van der Waals surface area contributed by atoms with Crippen molar-refractivity contribution in [1.29, 1.82) is 0 Å². The Hall–Kier alpha value is -2.42. The lowest BCUT2D eigenvalue weighted by atomic mass is 10.1. The van der Waals surface area contributed by atoms with Gasteiger partial charge in [0, 0.05) is 17.5 Å². The summed E-state index contributed by atoms with van der Waals surface area (Å²) in [5.74, 6) is 14.1. The van der Waals surface area contributed by atoms with Crippen LogP contribution in [0.3, 0.4) is 0 Å². The highest BCUT2D eigenvalue weighted by molar-refractivity contribution is 6.74. The van der Waals surface area contributed by atoms with E-state index in [2.05, 4.69) is 64.5 Å². The van der Waals surface area contributed by atoms with Crippen molar-refractivity contribution >= 4 is 8.32 Å². The maximum atomic E-state index is 6.52. The number of benzene rings is 2. The van der Waals surface area contributed by atoms with Gasteiger partial charge in [-0.25, -0.2) is 0 Å². The summed E-state index contributed by atoms with van der Waals surface area (Å²) < 4.78 is 6.52. The first-order chi connectivity index (χ1) is 13.2. The molecule has 0 saturated heterocycles. The largest absolute Gasteiger partial charge is 0.543 e. The van der Waals surface area contributed by atoms with Crippen LogP contribution in [0.5, 0.6) is 5.75 Å². The second kappa shape index (κ2) is 9.68. The molecule has 0 saturated carbocycles. The van der Waals surface area contributed by atoms with Crippen LogP contribution in [-0.2, 0) is 0 Å². The molecule has 28 heavy (non-hydrogen) atoms. The van der Waals surface area contributed by atoms with Gasteiger partial charge >= 0.3 is 0 Å². The molecule has 0 aliphatic carbocycles. The molecule has 0 heterocycles. The first kappa shape index (κ1) is 21.9. The summed E-state index contributed by atoms with van der Waals surface area (Å²) in [5.41, 5.74) is 2.89. The van der Waals surface area contributed by atoms with E-state index in [1.165, 1.54) is 6.42 Å². The Labute approximate surface area is 172 Å². The van der Waals surface area contributed by atoms with Gasteiger partial charge in [-0.05, 0) is 48.8 Å². The molecule has 2 heteroatoms. The fourth-order valence-electron chi connectivity index (χ4n) is 2.35. The van der Waals surface area contributed by atoms with Gasteiger partial charge in [0.25, 0.3) is 8.32 Å². The van der Waals surface area contributed by atoms with E-state index < -0.39 is 8.32 Å². The zero-order chi connectivity index (χ0) is 20.6. The van der Waals surface area contributed by atoms with Crippen LogP contribution < -0.4 is 4.43 Å². The molecular formula is C26H32OSi. The van der Waals surface area contributed by atoms with E-state index in [4.69, 9.17) is 4.43 Å². The van der Waals surface area contributed by atoms with Crippen LogP contribution in [0, 0.1) is 23.7 Å². The van der Waals surface area contributed by atoms with Crippen molar-refractivity contribution in [3.8, 4) is 29.4 Å². The molecule has 0 radical (unpaired) electrons. The summed E-state index contributed by atoms with van der Waals surface area (Å²) in [7, 11) is -1.91. The van der Waals surface area contributed by atoms with E-state index in [-0.39, 0.29) is 5.04 Å². The van der Waals surface area contributed by atoms with Gasteiger partial charge in [0.1, 0.15) is 5.75 Å². The fourth-order valence-corrected chi connectivity index (χ4v) is 3.38. The standard InChI is InChI=1S/C26H32OSi/c1-7-8-9-10-15-22-16-11-12-17-23(22)20-21-24-18-13-14-19-25(24)27-28(5,6)26(2,3)4/h11-14,16-19H,7-9H2,1-6H3. The summed E-state index contributed by atoms with van der Waals surface area (Å²) in [6.07, 6.45) is 3.24. The number of rotatable bonds is 4. The molecular weight excluding hydrogens is 356 g/mol. The van der Waals surface area contributed by atoms with Crippen LogP contribution in [0.15, 0.2) is 48.5 Å². The lowest BCUT2D eigenvalue weighted by Crippen LogP contribution is -2.44. The molecule has 0 aliphatic rings. The second-order valence-electron chi connectivity index (χ2n) is 8.56. The molecule has 0 bridgehead atoms. The lowest BCUT2D eigenvalue weighted by molar-refractivity contribution is 0.491. The first-order valence-corrected chi connectivity index (χ1v) is 13.0. The van der Waals surface area contributed by atoms with Gasteiger partial charge in [0.05, 0.1) is 5.56 Å². The van der Waals surface area contributed by atoms with Crippen LogP contribution in [0.2, 0.25) is 18.1 Å². The monoisotopic (exact) mass is 388 g/mol. The Morgan fingerprint density at radius 1 is 0.821 bits per heavy atom.